The Bertz CT molecular complexity index is 1220. The lowest BCUT2D eigenvalue weighted by atomic mass is 10.1. The molecule has 0 aliphatic carbocycles. The Kier molecular flexibility index (Phi) is 6.00. The Morgan fingerprint density at radius 2 is 2.00 bits per heavy atom. The average molecular weight is 450 g/mol. The summed E-state index contributed by atoms with van der Waals surface area (Å²) in [7, 11) is 0. The number of amides is 1. The van der Waals surface area contributed by atoms with Crippen LogP contribution >= 0.6 is 15.9 Å². The van der Waals surface area contributed by atoms with Gasteiger partial charge in [0.05, 0.1) is 11.9 Å². The molecule has 0 unspecified atom stereocenters. The van der Waals surface area contributed by atoms with Crippen LogP contribution in [0.5, 0.6) is 0 Å². The number of hydrogen-bond donors (Lipinski definition) is 1. The number of hydrazone groups is 1. The molecule has 3 rings (SSSR count). The Balaban J connectivity index is 1.98. The monoisotopic (exact) mass is 449 g/mol. The number of carbonyl (C=O) groups excluding carboxylic acids is 1. The van der Waals surface area contributed by atoms with Crippen molar-refractivity contribution < 1.29 is 4.79 Å². The van der Waals surface area contributed by atoms with Crippen LogP contribution in [0.2, 0.25) is 0 Å². The minimum absolute atomic E-state index is 0.0472. The molecule has 0 saturated carbocycles. The van der Waals surface area contributed by atoms with Crippen molar-refractivity contribution in [1.29, 1.82) is 5.26 Å². The molecule has 0 fully saturated rings. The maximum Gasteiger partial charge on any atom is 0.292 e. The predicted octanol–water partition coefficient (Wildman–Crippen LogP) is 3.25. The summed E-state index contributed by atoms with van der Waals surface area (Å²) in [5.41, 5.74) is 4.01. The second kappa shape index (κ2) is 8.63. The van der Waals surface area contributed by atoms with Gasteiger partial charge in [-0.25, -0.2) is 5.43 Å². The minimum Gasteiger partial charge on any atom is -0.266 e. The van der Waals surface area contributed by atoms with E-state index in [1.165, 1.54) is 13.1 Å². The third-order valence-electron chi connectivity index (χ3n) is 4.14. The van der Waals surface area contributed by atoms with Crippen LogP contribution in [0.1, 0.15) is 32.7 Å². The van der Waals surface area contributed by atoms with Crippen LogP contribution in [-0.4, -0.2) is 21.9 Å². The lowest BCUT2D eigenvalue weighted by Gasteiger charge is -2.11. The van der Waals surface area contributed by atoms with Crippen LogP contribution in [-0.2, 0) is 0 Å². The van der Waals surface area contributed by atoms with Crippen LogP contribution in [0.4, 0.5) is 0 Å². The van der Waals surface area contributed by atoms with Crippen molar-refractivity contribution in [2.24, 2.45) is 5.10 Å². The number of benzene rings is 2. The molecule has 0 aliphatic heterocycles. The van der Waals surface area contributed by atoms with Gasteiger partial charge in [-0.15, -0.1) is 0 Å². The Hall–Kier alpha value is -3.57. The topological polar surface area (TPSA) is 100 Å². The summed E-state index contributed by atoms with van der Waals surface area (Å²) in [6.45, 7) is 3.39. The Labute approximate surface area is 175 Å². The quantitative estimate of drug-likeness (QED) is 0.487. The van der Waals surface area contributed by atoms with Crippen molar-refractivity contribution in [3.63, 3.8) is 0 Å². The molecule has 0 aliphatic rings. The molecule has 0 spiro atoms. The van der Waals surface area contributed by atoms with E-state index in [2.05, 4.69) is 31.6 Å². The van der Waals surface area contributed by atoms with E-state index in [1.54, 1.807) is 18.2 Å². The fraction of sp³-hybridized carbons (Fsp3) is 0.0952. The van der Waals surface area contributed by atoms with Gasteiger partial charge in [0.2, 0.25) is 0 Å². The zero-order chi connectivity index (χ0) is 21.0. The second-order valence-electron chi connectivity index (χ2n) is 6.27. The first-order valence-electron chi connectivity index (χ1n) is 8.60. The van der Waals surface area contributed by atoms with Crippen molar-refractivity contribution in [3.8, 4) is 11.8 Å². The average Bonchev–Trinajstić information content (AvgIpc) is 2.68. The number of nitrogens with one attached hydrogen (secondary N) is 1. The smallest absolute Gasteiger partial charge is 0.266 e. The third kappa shape index (κ3) is 4.47. The van der Waals surface area contributed by atoms with Crippen molar-refractivity contribution >= 4 is 28.1 Å². The van der Waals surface area contributed by atoms with Gasteiger partial charge in [0.25, 0.3) is 11.5 Å². The molecular weight excluding hydrogens is 434 g/mol. The van der Waals surface area contributed by atoms with E-state index >= 15 is 0 Å². The highest BCUT2D eigenvalue weighted by molar-refractivity contribution is 9.10. The van der Waals surface area contributed by atoms with E-state index in [9.17, 15) is 14.9 Å². The summed E-state index contributed by atoms with van der Waals surface area (Å²) in [4.78, 5) is 25.3. The summed E-state index contributed by atoms with van der Waals surface area (Å²) in [5.74, 6) is -0.619. The van der Waals surface area contributed by atoms with Crippen LogP contribution < -0.4 is 11.0 Å². The Morgan fingerprint density at radius 3 is 2.69 bits per heavy atom. The van der Waals surface area contributed by atoms with Crippen molar-refractivity contribution in [2.45, 2.75) is 13.8 Å². The standard InChI is InChI=1S/C21H16BrN5O2/c1-13-5-3-8-17(9-13)27-21(29)18(11-23)14(2)19(26-27)20(28)25-24-12-15-6-4-7-16(22)10-15/h3-10,12H,1-2H3,(H,25,28)/b24-12+. The fourth-order valence-corrected chi connectivity index (χ4v) is 3.11. The molecule has 3 aromatic rings. The van der Waals surface area contributed by atoms with E-state index in [1.807, 2.05) is 43.3 Å². The van der Waals surface area contributed by atoms with Crippen LogP contribution in [0.15, 0.2) is 62.9 Å². The number of aromatic nitrogens is 2. The molecular formula is C21H16BrN5O2. The van der Waals surface area contributed by atoms with E-state index in [4.69, 9.17) is 0 Å². The second-order valence-corrected chi connectivity index (χ2v) is 7.19. The molecule has 0 saturated heterocycles. The molecule has 144 valence electrons. The molecule has 0 radical (unpaired) electrons. The number of carbonyl (C=O) groups is 1. The molecule has 7 nitrogen and oxygen atoms in total. The number of hydrogen-bond acceptors (Lipinski definition) is 5. The summed E-state index contributed by atoms with van der Waals surface area (Å²) in [6, 6.07) is 16.3. The first-order valence-corrected chi connectivity index (χ1v) is 9.40. The van der Waals surface area contributed by atoms with E-state index in [0.717, 1.165) is 20.3 Å². The predicted molar refractivity (Wildman–Crippen MR) is 113 cm³/mol. The van der Waals surface area contributed by atoms with Gasteiger partial charge in [0, 0.05) is 10.0 Å². The first-order chi connectivity index (χ1) is 13.9. The van der Waals surface area contributed by atoms with Crippen LogP contribution in [0.25, 0.3) is 5.69 Å². The highest BCUT2D eigenvalue weighted by atomic mass is 79.9. The van der Waals surface area contributed by atoms with Gasteiger partial charge in [0.1, 0.15) is 11.6 Å². The van der Waals surface area contributed by atoms with E-state index < -0.39 is 11.5 Å². The van der Waals surface area contributed by atoms with Gasteiger partial charge in [-0.2, -0.15) is 20.1 Å². The van der Waals surface area contributed by atoms with Gasteiger partial charge < -0.3 is 0 Å². The zero-order valence-electron chi connectivity index (χ0n) is 15.7. The molecule has 29 heavy (non-hydrogen) atoms. The molecule has 2 aromatic carbocycles. The van der Waals surface area contributed by atoms with Crippen molar-refractivity contribution in [3.05, 3.63) is 91.3 Å². The van der Waals surface area contributed by atoms with Gasteiger partial charge in [0.15, 0.2) is 5.69 Å². The summed E-state index contributed by atoms with van der Waals surface area (Å²) >= 11 is 3.37. The van der Waals surface area contributed by atoms with Crippen LogP contribution in [0, 0.1) is 25.2 Å². The van der Waals surface area contributed by atoms with Crippen molar-refractivity contribution in [1.82, 2.24) is 15.2 Å². The number of halogens is 1. The fourth-order valence-electron chi connectivity index (χ4n) is 2.69. The van der Waals surface area contributed by atoms with Gasteiger partial charge in [-0.05, 0) is 49.2 Å². The minimum atomic E-state index is -0.619. The maximum atomic E-state index is 12.7. The SMILES string of the molecule is Cc1cccc(-n2nc(C(=O)N/N=C/c3cccc(Br)c3)c(C)c(C#N)c2=O)c1. The number of aryl methyl sites for hydroxylation is 1. The molecule has 1 aromatic heterocycles. The van der Waals surface area contributed by atoms with Gasteiger partial charge >= 0.3 is 0 Å². The highest BCUT2D eigenvalue weighted by Gasteiger charge is 2.20. The molecule has 1 amide bonds. The number of nitriles is 1. The van der Waals surface area contributed by atoms with Gasteiger partial charge in [-0.3, -0.25) is 9.59 Å². The Morgan fingerprint density at radius 1 is 1.24 bits per heavy atom. The first kappa shape index (κ1) is 20.2. The highest BCUT2D eigenvalue weighted by Crippen LogP contribution is 2.12. The lowest BCUT2D eigenvalue weighted by molar-refractivity contribution is 0.0947. The zero-order valence-corrected chi connectivity index (χ0v) is 17.3. The van der Waals surface area contributed by atoms with Crippen molar-refractivity contribution in [2.75, 3.05) is 0 Å². The lowest BCUT2D eigenvalue weighted by Crippen LogP contribution is -2.31. The molecule has 1 N–H and O–H groups in total. The van der Waals surface area contributed by atoms with E-state index in [-0.39, 0.29) is 16.8 Å². The third-order valence-corrected chi connectivity index (χ3v) is 4.63. The van der Waals surface area contributed by atoms with Crippen LogP contribution in [0.3, 0.4) is 0 Å². The molecule has 0 bridgehead atoms. The normalized spacial score (nSPS) is 10.7. The maximum absolute atomic E-state index is 12.7. The molecule has 8 heteroatoms. The number of rotatable bonds is 4. The summed E-state index contributed by atoms with van der Waals surface area (Å²) < 4.78 is 1.94. The molecule has 1 heterocycles. The van der Waals surface area contributed by atoms with Gasteiger partial charge in [-0.1, -0.05) is 40.2 Å². The summed E-state index contributed by atoms with van der Waals surface area (Å²) in [5, 5.41) is 17.6. The van der Waals surface area contributed by atoms with E-state index in [0.29, 0.717) is 5.69 Å². The number of nitrogens with zero attached hydrogens (tertiary/aromatic N) is 4. The largest absolute Gasteiger partial charge is 0.292 e. The summed E-state index contributed by atoms with van der Waals surface area (Å²) in [6.07, 6.45) is 1.49. The molecule has 0 atom stereocenters.